The first-order chi connectivity index (χ1) is 15.5. The van der Waals surface area contributed by atoms with E-state index in [9.17, 15) is 4.79 Å². The smallest absolute Gasteiger partial charge is 0.305 e. The Kier molecular flexibility index (Phi) is 8.39. The zero-order valence-electron chi connectivity index (χ0n) is 20.1. The highest BCUT2D eigenvalue weighted by Crippen LogP contribution is 2.44. The Balaban J connectivity index is 1.67. The predicted octanol–water partition coefficient (Wildman–Crippen LogP) is 6.51. The van der Waals surface area contributed by atoms with Gasteiger partial charge in [0.25, 0.3) is 0 Å². The molecule has 3 nitrogen and oxygen atoms in total. The van der Waals surface area contributed by atoms with Gasteiger partial charge in [-0.3, -0.25) is 4.79 Å². The van der Waals surface area contributed by atoms with Crippen LogP contribution in [0.1, 0.15) is 87.1 Å². The van der Waals surface area contributed by atoms with Gasteiger partial charge < -0.3 is 9.47 Å². The van der Waals surface area contributed by atoms with Crippen LogP contribution in [0.15, 0.2) is 36.4 Å². The first-order valence-electron chi connectivity index (χ1n) is 12.1. The molecule has 0 saturated carbocycles. The molecular formula is C29H36O3. The maximum absolute atomic E-state index is 11.4. The number of ether oxygens (including phenoxy) is 2. The minimum Gasteiger partial charge on any atom is -0.493 e. The fourth-order valence-electron chi connectivity index (χ4n) is 4.55. The summed E-state index contributed by atoms with van der Waals surface area (Å²) in [4.78, 5) is 11.4. The first kappa shape index (κ1) is 23.9. The molecule has 32 heavy (non-hydrogen) atoms. The molecule has 0 aliphatic carbocycles. The Bertz CT molecular complexity index is 972. The molecule has 0 fully saturated rings. The van der Waals surface area contributed by atoms with Crippen LogP contribution in [0.25, 0.3) is 0 Å². The van der Waals surface area contributed by atoms with Gasteiger partial charge in [-0.05, 0) is 87.8 Å². The van der Waals surface area contributed by atoms with Crippen molar-refractivity contribution in [2.45, 2.75) is 78.1 Å². The molecule has 2 aromatic rings. The lowest BCUT2D eigenvalue weighted by molar-refractivity contribution is -0.143. The molecule has 0 aromatic heterocycles. The van der Waals surface area contributed by atoms with Crippen LogP contribution in [0.5, 0.6) is 5.75 Å². The molecule has 0 saturated heterocycles. The molecular weight excluding hydrogens is 396 g/mol. The van der Waals surface area contributed by atoms with E-state index < -0.39 is 0 Å². The van der Waals surface area contributed by atoms with Crippen molar-refractivity contribution < 1.29 is 14.3 Å². The second-order valence-electron chi connectivity index (χ2n) is 8.71. The third-order valence-electron chi connectivity index (χ3n) is 6.79. The van der Waals surface area contributed by atoms with Crippen molar-refractivity contribution in [3.8, 4) is 17.6 Å². The largest absolute Gasteiger partial charge is 0.493 e. The molecule has 3 heteroatoms. The SMILES string of the molecule is CCOC(=O)CCCCc1ccc(C#Cc2cc3c(cc2C)OCCC3(CC)CC)cc1. The molecule has 0 N–H and O–H groups in total. The maximum Gasteiger partial charge on any atom is 0.305 e. The van der Waals surface area contributed by atoms with Gasteiger partial charge in [0, 0.05) is 28.5 Å². The van der Waals surface area contributed by atoms with E-state index in [1.807, 2.05) is 6.92 Å². The van der Waals surface area contributed by atoms with Crippen LogP contribution in [-0.4, -0.2) is 19.2 Å². The highest BCUT2D eigenvalue weighted by molar-refractivity contribution is 5.69. The van der Waals surface area contributed by atoms with E-state index in [0.717, 1.165) is 67.6 Å². The fourth-order valence-corrected chi connectivity index (χ4v) is 4.55. The lowest BCUT2D eigenvalue weighted by atomic mass is 9.71. The zero-order valence-corrected chi connectivity index (χ0v) is 20.1. The van der Waals surface area contributed by atoms with Crippen molar-refractivity contribution in [2.75, 3.05) is 13.2 Å². The van der Waals surface area contributed by atoms with Crippen LogP contribution in [-0.2, 0) is 21.4 Å². The average molecular weight is 433 g/mol. The van der Waals surface area contributed by atoms with E-state index in [1.165, 1.54) is 11.1 Å². The summed E-state index contributed by atoms with van der Waals surface area (Å²) >= 11 is 0. The first-order valence-corrected chi connectivity index (χ1v) is 12.1. The molecule has 0 spiro atoms. The van der Waals surface area contributed by atoms with Gasteiger partial charge in [0.15, 0.2) is 0 Å². The van der Waals surface area contributed by atoms with Gasteiger partial charge in [0.05, 0.1) is 13.2 Å². The zero-order chi connectivity index (χ0) is 23.0. The van der Waals surface area contributed by atoms with E-state index in [1.54, 1.807) is 0 Å². The van der Waals surface area contributed by atoms with Crippen LogP contribution in [0.4, 0.5) is 0 Å². The summed E-state index contributed by atoms with van der Waals surface area (Å²) in [5.41, 5.74) is 6.07. The maximum atomic E-state index is 11.4. The number of benzene rings is 2. The van der Waals surface area contributed by atoms with Gasteiger partial charge >= 0.3 is 5.97 Å². The van der Waals surface area contributed by atoms with Crippen molar-refractivity contribution >= 4 is 5.97 Å². The van der Waals surface area contributed by atoms with Gasteiger partial charge in [-0.15, -0.1) is 0 Å². The molecule has 1 aliphatic heterocycles. The molecule has 2 aromatic carbocycles. The molecule has 0 amide bonds. The number of carbonyl (C=O) groups is 1. The summed E-state index contributed by atoms with van der Waals surface area (Å²) in [5.74, 6) is 7.69. The van der Waals surface area contributed by atoms with Gasteiger partial charge in [-0.2, -0.15) is 0 Å². The number of fused-ring (bicyclic) bond motifs is 1. The summed E-state index contributed by atoms with van der Waals surface area (Å²) in [6.45, 7) is 9.77. The lowest BCUT2D eigenvalue weighted by Crippen LogP contribution is -2.32. The Morgan fingerprint density at radius 1 is 1.06 bits per heavy atom. The van der Waals surface area contributed by atoms with E-state index in [2.05, 4.69) is 69.0 Å². The van der Waals surface area contributed by atoms with Gasteiger partial charge in [0.1, 0.15) is 5.75 Å². The minimum atomic E-state index is -0.0997. The minimum absolute atomic E-state index is 0.0997. The van der Waals surface area contributed by atoms with Crippen LogP contribution >= 0.6 is 0 Å². The Labute approximate surface area is 193 Å². The molecule has 170 valence electrons. The Morgan fingerprint density at radius 2 is 1.81 bits per heavy atom. The summed E-state index contributed by atoms with van der Waals surface area (Å²) in [6.07, 6.45) is 6.63. The third kappa shape index (κ3) is 5.74. The molecule has 1 heterocycles. The third-order valence-corrected chi connectivity index (χ3v) is 6.79. The number of rotatable bonds is 8. The number of unbranched alkanes of at least 4 members (excludes halogenated alkanes) is 1. The number of esters is 1. The summed E-state index contributed by atoms with van der Waals surface area (Å²) in [5, 5.41) is 0. The molecule has 0 atom stereocenters. The highest BCUT2D eigenvalue weighted by atomic mass is 16.5. The highest BCUT2D eigenvalue weighted by Gasteiger charge is 2.35. The average Bonchev–Trinajstić information content (AvgIpc) is 2.81. The van der Waals surface area contributed by atoms with Gasteiger partial charge in [-0.25, -0.2) is 0 Å². The van der Waals surface area contributed by atoms with E-state index in [-0.39, 0.29) is 11.4 Å². The van der Waals surface area contributed by atoms with E-state index >= 15 is 0 Å². The summed E-state index contributed by atoms with van der Waals surface area (Å²) in [6, 6.07) is 12.9. The van der Waals surface area contributed by atoms with E-state index in [0.29, 0.717) is 13.0 Å². The quantitative estimate of drug-likeness (QED) is 0.271. The van der Waals surface area contributed by atoms with Crippen LogP contribution in [0.3, 0.4) is 0 Å². The number of carbonyl (C=O) groups excluding carboxylic acids is 1. The summed E-state index contributed by atoms with van der Waals surface area (Å²) in [7, 11) is 0. The predicted molar refractivity (Wildman–Crippen MR) is 130 cm³/mol. The van der Waals surface area contributed by atoms with Crippen LogP contribution in [0.2, 0.25) is 0 Å². The molecule has 0 unspecified atom stereocenters. The van der Waals surface area contributed by atoms with Crippen molar-refractivity contribution in [1.29, 1.82) is 0 Å². The van der Waals surface area contributed by atoms with Crippen LogP contribution < -0.4 is 4.74 Å². The van der Waals surface area contributed by atoms with Crippen molar-refractivity contribution in [3.05, 3.63) is 64.2 Å². The second-order valence-corrected chi connectivity index (χ2v) is 8.71. The van der Waals surface area contributed by atoms with Crippen molar-refractivity contribution in [3.63, 3.8) is 0 Å². The van der Waals surface area contributed by atoms with E-state index in [4.69, 9.17) is 9.47 Å². The Morgan fingerprint density at radius 3 is 2.50 bits per heavy atom. The number of aryl methyl sites for hydroxylation is 2. The molecule has 1 aliphatic rings. The van der Waals surface area contributed by atoms with Crippen LogP contribution in [0, 0.1) is 18.8 Å². The number of hydrogen-bond donors (Lipinski definition) is 0. The second kappa shape index (κ2) is 11.2. The number of hydrogen-bond acceptors (Lipinski definition) is 3. The molecule has 0 bridgehead atoms. The van der Waals surface area contributed by atoms with Gasteiger partial charge in [0.2, 0.25) is 0 Å². The molecule has 3 rings (SSSR count). The normalized spacial score (nSPS) is 14.0. The Hall–Kier alpha value is -2.73. The molecule has 0 radical (unpaired) electrons. The van der Waals surface area contributed by atoms with Gasteiger partial charge in [-0.1, -0.05) is 37.8 Å². The fraction of sp³-hybridized carbons (Fsp3) is 0.483. The summed E-state index contributed by atoms with van der Waals surface area (Å²) < 4.78 is 11.0. The van der Waals surface area contributed by atoms with Crippen molar-refractivity contribution in [2.24, 2.45) is 0 Å². The monoisotopic (exact) mass is 432 g/mol. The standard InChI is InChI=1S/C29H36O3/c1-5-29(6-2)18-19-32-27-20-22(4)25(21-26(27)29)17-16-24-14-12-23(13-15-24)10-8-9-11-28(30)31-7-3/h12-15,20-21H,5-11,18-19H2,1-4H3. The topological polar surface area (TPSA) is 35.5 Å². The lowest BCUT2D eigenvalue weighted by Gasteiger charge is -2.38. The van der Waals surface area contributed by atoms with Crippen molar-refractivity contribution in [1.82, 2.24) is 0 Å².